The van der Waals surface area contributed by atoms with Crippen molar-refractivity contribution in [1.29, 1.82) is 0 Å². The van der Waals surface area contributed by atoms with E-state index in [9.17, 15) is 13.2 Å². The third kappa shape index (κ3) is 4.08. The smallest absolute Gasteiger partial charge is 0.239 e. The molecule has 4 nitrogen and oxygen atoms in total. The van der Waals surface area contributed by atoms with E-state index in [2.05, 4.69) is 5.32 Å². The van der Waals surface area contributed by atoms with E-state index in [1.807, 2.05) is 6.92 Å². The number of amides is 1. The van der Waals surface area contributed by atoms with Crippen LogP contribution in [0.1, 0.15) is 11.1 Å². The molecular formula is C16H16ClNO3S. The number of nitrogens with one attached hydrogen (secondary N) is 1. The standard InChI is InChI=1S/C16H16ClNO3S/c1-11-3-7-14(8-4-11)22(20,21)10-16(19)18-15-9-13(17)6-5-12(15)2/h3-9H,10H2,1-2H3,(H,18,19). The van der Waals surface area contributed by atoms with E-state index in [-0.39, 0.29) is 4.90 Å². The molecule has 0 spiro atoms. The minimum absolute atomic E-state index is 0.135. The number of sulfone groups is 1. The molecule has 0 aliphatic heterocycles. The molecule has 1 N–H and O–H groups in total. The van der Waals surface area contributed by atoms with E-state index in [1.165, 1.54) is 12.1 Å². The molecule has 0 heterocycles. The summed E-state index contributed by atoms with van der Waals surface area (Å²) >= 11 is 5.87. The lowest BCUT2D eigenvalue weighted by molar-refractivity contribution is -0.113. The maximum atomic E-state index is 12.2. The molecule has 0 fully saturated rings. The summed E-state index contributed by atoms with van der Waals surface area (Å²) in [4.78, 5) is 12.1. The molecule has 1 amide bonds. The highest BCUT2D eigenvalue weighted by Crippen LogP contribution is 2.20. The fourth-order valence-corrected chi connectivity index (χ4v) is 3.22. The van der Waals surface area contributed by atoms with Gasteiger partial charge in [0, 0.05) is 10.7 Å². The van der Waals surface area contributed by atoms with Crippen LogP contribution < -0.4 is 5.32 Å². The van der Waals surface area contributed by atoms with E-state index in [0.717, 1.165) is 11.1 Å². The van der Waals surface area contributed by atoms with Gasteiger partial charge in [-0.05, 0) is 43.7 Å². The largest absolute Gasteiger partial charge is 0.325 e. The highest BCUT2D eigenvalue weighted by Gasteiger charge is 2.19. The molecule has 0 aromatic heterocycles. The molecule has 6 heteroatoms. The average Bonchev–Trinajstić information content (AvgIpc) is 2.42. The quantitative estimate of drug-likeness (QED) is 0.930. The van der Waals surface area contributed by atoms with Crippen molar-refractivity contribution in [3.8, 4) is 0 Å². The Bertz CT molecular complexity index is 799. The number of benzene rings is 2. The normalized spacial score (nSPS) is 11.2. The van der Waals surface area contributed by atoms with E-state index < -0.39 is 21.5 Å². The molecule has 2 rings (SSSR count). The lowest BCUT2D eigenvalue weighted by Gasteiger charge is -2.09. The predicted octanol–water partition coefficient (Wildman–Crippen LogP) is 3.37. The maximum absolute atomic E-state index is 12.2. The van der Waals surface area contributed by atoms with Crippen LogP contribution in [-0.2, 0) is 14.6 Å². The lowest BCUT2D eigenvalue weighted by Crippen LogP contribution is -2.23. The van der Waals surface area contributed by atoms with Crippen molar-refractivity contribution in [3.63, 3.8) is 0 Å². The van der Waals surface area contributed by atoms with Crippen LogP contribution in [0.15, 0.2) is 47.4 Å². The Kier molecular flexibility index (Phi) is 4.88. The third-order valence-corrected chi connectivity index (χ3v) is 5.04. The Labute approximate surface area is 135 Å². The maximum Gasteiger partial charge on any atom is 0.239 e. The molecular weight excluding hydrogens is 322 g/mol. The number of anilines is 1. The Morgan fingerprint density at radius 1 is 1.09 bits per heavy atom. The number of hydrogen-bond acceptors (Lipinski definition) is 3. The van der Waals surface area contributed by atoms with Crippen LogP contribution in [0.4, 0.5) is 5.69 Å². The van der Waals surface area contributed by atoms with E-state index >= 15 is 0 Å². The summed E-state index contributed by atoms with van der Waals surface area (Å²) < 4.78 is 24.4. The van der Waals surface area contributed by atoms with Crippen LogP contribution >= 0.6 is 11.6 Å². The fourth-order valence-electron chi connectivity index (χ4n) is 1.92. The van der Waals surface area contributed by atoms with Crippen LogP contribution in [0.3, 0.4) is 0 Å². The van der Waals surface area contributed by atoms with E-state index in [1.54, 1.807) is 37.3 Å². The summed E-state index contributed by atoms with van der Waals surface area (Å²) in [5.41, 5.74) is 2.28. The molecule has 0 radical (unpaired) electrons. The molecule has 0 unspecified atom stereocenters. The molecule has 0 bridgehead atoms. The zero-order chi connectivity index (χ0) is 16.3. The van der Waals surface area contributed by atoms with Crippen LogP contribution in [-0.4, -0.2) is 20.1 Å². The number of hydrogen-bond donors (Lipinski definition) is 1. The fraction of sp³-hybridized carbons (Fsp3) is 0.188. The monoisotopic (exact) mass is 337 g/mol. The highest BCUT2D eigenvalue weighted by molar-refractivity contribution is 7.92. The number of rotatable bonds is 4. The number of carbonyl (C=O) groups excluding carboxylic acids is 1. The van der Waals surface area contributed by atoms with E-state index in [4.69, 9.17) is 11.6 Å². The summed E-state index contributed by atoms with van der Waals surface area (Å²) in [6.07, 6.45) is 0. The summed E-state index contributed by atoms with van der Waals surface area (Å²) in [7, 11) is -3.66. The first kappa shape index (κ1) is 16.5. The van der Waals surface area contributed by atoms with Crippen molar-refractivity contribution in [2.75, 3.05) is 11.1 Å². The summed E-state index contributed by atoms with van der Waals surface area (Å²) in [6, 6.07) is 11.5. The van der Waals surface area contributed by atoms with Gasteiger partial charge < -0.3 is 5.32 Å². The SMILES string of the molecule is Cc1ccc(S(=O)(=O)CC(=O)Nc2cc(Cl)ccc2C)cc1. The van der Waals surface area contributed by atoms with Crippen molar-refractivity contribution in [3.05, 3.63) is 58.6 Å². The molecule has 116 valence electrons. The van der Waals surface area contributed by atoms with Crippen molar-refractivity contribution in [1.82, 2.24) is 0 Å². The summed E-state index contributed by atoms with van der Waals surface area (Å²) in [5, 5.41) is 3.06. The molecule has 2 aromatic rings. The minimum atomic E-state index is -3.66. The van der Waals surface area contributed by atoms with Gasteiger partial charge in [0.2, 0.25) is 5.91 Å². The molecule has 22 heavy (non-hydrogen) atoms. The molecule has 0 saturated heterocycles. The second kappa shape index (κ2) is 6.50. The first-order chi connectivity index (χ1) is 10.3. The van der Waals surface area contributed by atoms with Crippen LogP contribution in [0.5, 0.6) is 0 Å². The summed E-state index contributed by atoms with van der Waals surface area (Å²) in [6.45, 7) is 3.67. The van der Waals surface area contributed by atoms with Gasteiger partial charge in [-0.15, -0.1) is 0 Å². The van der Waals surface area contributed by atoms with Gasteiger partial charge in [-0.3, -0.25) is 4.79 Å². The number of aryl methyl sites for hydroxylation is 2. The second-order valence-electron chi connectivity index (χ2n) is 5.08. The first-order valence-electron chi connectivity index (χ1n) is 6.63. The molecule has 0 aliphatic carbocycles. The Balaban J connectivity index is 2.14. The zero-order valence-corrected chi connectivity index (χ0v) is 13.8. The number of halogens is 1. The first-order valence-corrected chi connectivity index (χ1v) is 8.66. The Morgan fingerprint density at radius 3 is 2.36 bits per heavy atom. The van der Waals surface area contributed by atoms with E-state index in [0.29, 0.717) is 10.7 Å². The van der Waals surface area contributed by atoms with Crippen LogP contribution in [0.2, 0.25) is 5.02 Å². The van der Waals surface area contributed by atoms with Gasteiger partial charge in [0.05, 0.1) is 4.90 Å². The average molecular weight is 338 g/mol. The highest BCUT2D eigenvalue weighted by atomic mass is 35.5. The Morgan fingerprint density at radius 2 is 1.73 bits per heavy atom. The van der Waals surface area contributed by atoms with Gasteiger partial charge in [-0.2, -0.15) is 0 Å². The molecule has 0 saturated carbocycles. The van der Waals surface area contributed by atoms with Gasteiger partial charge in [-0.25, -0.2) is 8.42 Å². The molecule has 0 atom stereocenters. The van der Waals surface area contributed by atoms with Gasteiger partial charge in [0.1, 0.15) is 5.75 Å². The second-order valence-corrected chi connectivity index (χ2v) is 7.51. The molecule has 2 aromatic carbocycles. The summed E-state index contributed by atoms with van der Waals surface area (Å²) in [5.74, 6) is -1.20. The minimum Gasteiger partial charge on any atom is -0.325 e. The van der Waals surface area contributed by atoms with Crippen molar-refractivity contribution in [2.45, 2.75) is 18.7 Å². The number of carbonyl (C=O) groups is 1. The van der Waals surface area contributed by atoms with Gasteiger partial charge in [-0.1, -0.05) is 35.4 Å². The van der Waals surface area contributed by atoms with Crippen molar-refractivity contribution < 1.29 is 13.2 Å². The van der Waals surface area contributed by atoms with Gasteiger partial charge >= 0.3 is 0 Å². The van der Waals surface area contributed by atoms with Crippen LogP contribution in [0.25, 0.3) is 0 Å². The molecule has 0 aliphatic rings. The zero-order valence-electron chi connectivity index (χ0n) is 12.3. The van der Waals surface area contributed by atoms with Crippen LogP contribution in [0, 0.1) is 13.8 Å². The predicted molar refractivity (Wildman–Crippen MR) is 88.1 cm³/mol. The topological polar surface area (TPSA) is 63.2 Å². The van der Waals surface area contributed by atoms with Gasteiger partial charge in [0.25, 0.3) is 0 Å². The third-order valence-electron chi connectivity index (χ3n) is 3.17. The van der Waals surface area contributed by atoms with Crippen molar-refractivity contribution >= 4 is 33.0 Å². The van der Waals surface area contributed by atoms with Gasteiger partial charge in [0.15, 0.2) is 9.84 Å². The van der Waals surface area contributed by atoms with Crippen molar-refractivity contribution in [2.24, 2.45) is 0 Å². The lowest BCUT2D eigenvalue weighted by atomic mass is 10.2. The Hall–Kier alpha value is -1.85.